The molecule has 2 fully saturated rings. The number of hydrazone groups is 1. The van der Waals surface area contributed by atoms with Gasteiger partial charge >= 0.3 is 5.69 Å². The molecule has 71 heavy (non-hydrogen) atoms. The van der Waals surface area contributed by atoms with Gasteiger partial charge in [0.25, 0.3) is 15.9 Å². The van der Waals surface area contributed by atoms with E-state index >= 15 is 0 Å². The molecule has 1 atom stereocenters. The van der Waals surface area contributed by atoms with E-state index in [0.29, 0.717) is 77.6 Å². The number of piperazine rings is 1. The van der Waals surface area contributed by atoms with Crippen LogP contribution in [0.3, 0.4) is 0 Å². The molecule has 4 aromatic carbocycles. The van der Waals surface area contributed by atoms with Crippen LogP contribution in [0.15, 0.2) is 93.7 Å². The summed E-state index contributed by atoms with van der Waals surface area (Å²) in [5.74, 6) is 1.28. The highest BCUT2D eigenvalue weighted by molar-refractivity contribution is 7.92. The lowest BCUT2D eigenvalue weighted by Gasteiger charge is -2.42. The van der Waals surface area contributed by atoms with Gasteiger partial charge in [0.2, 0.25) is 11.8 Å². The van der Waals surface area contributed by atoms with Gasteiger partial charge in [-0.15, -0.1) is 0 Å². The second-order valence-electron chi connectivity index (χ2n) is 18.2. The van der Waals surface area contributed by atoms with Crippen molar-refractivity contribution in [1.82, 2.24) is 34.5 Å². The molecule has 0 spiro atoms. The number of amidine groups is 1. The molecule has 3 aliphatic rings. The number of anilines is 2. The molecule has 0 saturated carbocycles. The summed E-state index contributed by atoms with van der Waals surface area (Å²) in [6, 6.07) is 21.8. The molecule has 3 aliphatic heterocycles. The number of sulfonamides is 1. The van der Waals surface area contributed by atoms with E-state index in [1.165, 1.54) is 21.3 Å². The summed E-state index contributed by atoms with van der Waals surface area (Å²) in [5, 5.41) is 13.1. The van der Waals surface area contributed by atoms with Crippen molar-refractivity contribution in [3.8, 4) is 17.2 Å². The van der Waals surface area contributed by atoms with Crippen LogP contribution in [0, 0.1) is 5.92 Å². The van der Waals surface area contributed by atoms with E-state index in [-0.39, 0.29) is 70.2 Å². The molecule has 21 heteroatoms. The fourth-order valence-corrected chi connectivity index (χ4v) is 10.5. The zero-order valence-electron chi connectivity index (χ0n) is 40.3. The summed E-state index contributed by atoms with van der Waals surface area (Å²) in [5.41, 5.74) is 1.90. The Morgan fingerprint density at radius 3 is 2.28 bits per heavy atom. The first-order valence-electron chi connectivity index (χ1n) is 23.9. The fraction of sp³-hybridized carbons (Fsp3) is 0.420. The quantitative estimate of drug-likeness (QED) is 0.0890. The molecule has 1 aromatic heterocycles. The first-order chi connectivity index (χ1) is 34.1. The van der Waals surface area contributed by atoms with Gasteiger partial charge in [-0.2, -0.15) is 5.10 Å². The number of aryl methyl sites for hydroxylation is 2. The maximum Gasteiger partial charge on any atom is 0.328 e. The largest absolute Gasteiger partial charge is 0.493 e. The van der Waals surface area contributed by atoms with Crippen molar-refractivity contribution in [1.29, 1.82) is 0 Å². The smallest absolute Gasteiger partial charge is 0.328 e. The van der Waals surface area contributed by atoms with Crippen LogP contribution in [0.25, 0.3) is 11.0 Å². The summed E-state index contributed by atoms with van der Waals surface area (Å²) < 4.78 is 45.7. The number of fused-ring (bicyclic) bond motifs is 1. The average molecular weight is 1030 g/mol. The summed E-state index contributed by atoms with van der Waals surface area (Å²) >= 11 is 12.2. The number of carbonyl (C=O) groups excluding carboxylic acids is 3. The van der Waals surface area contributed by atoms with Crippen molar-refractivity contribution in [3.63, 3.8) is 0 Å². The second-order valence-corrected chi connectivity index (χ2v) is 20.7. The van der Waals surface area contributed by atoms with Gasteiger partial charge in [0.1, 0.15) is 17.3 Å². The normalized spacial score (nSPS) is 17.0. The molecule has 18 nitrogen and oxygen atoms in total. The molecule has 2 saturated heterocycles. The highest BCUT2D eigenvalue weighted by Gasteiger charge is 2.31. The van der Waals surface area contributed by atoms with Crippen LogP contribution in [0.2, 0.25) is 10.0 Å². The minimum absolute atomic E-state index is 0.0166. The summed E-state index contributed by atoms with van der Waals surface area (Å²) in [6.45, 7) is 9.86. The van der Waals surface area contributed by atoms with E-state index in [9.17, 15) is 27.6 Å². The van der Waals surface area contributed by atoms with Gasteiger partial charge in [0, 0.05) is 96.0 Å². The number of halogens is 2. The highest BCUT2D eigenvalue weighted by atomic mass is 35.5. The fourth-order valence-electron chi connectivity index (χ4n) is 9.08. The number of hydrogen-bond acceptors (Lipinski definition) is 12. The Kier molecular flexibility index (Phi) is 16.3. The molecule has 0 radical (unpaired) electrons. The molecule has 378 valence electrons. The van der Waals surface area contributed by atoms with Gasteiger partial charge in [-0.3, -0.25) is 43.0 Å². The number of ether oxygens (including phenoxy) is 2. The van der Waals surface area contributed by atoms with Crippen LogP contribution < -0.4 is 35.5 Å². The number of likely N-dealkylation sites (tertiary alicyclic amines) is 1. The Morgan fingerprint density at radius 2 is 1.55 bits per heavy atom. The third-order valence-corrected chi connectivity index (χ3v) is 15.2. The number of hydrogen-bond donors (Lipinski definition) is 3. The number of benzene rings is 4. The molecule has 0 bridgehead atoms. The first-order valence-corrected chi connectivity index (χ1v) is 26.2. The molecule has 3 N–H and O–H groups in total. The van der Waals surface area contributed by atoms with Crippen molar-refractivity contribution in [2.75, 3.05) is 75.2 Å². The maximum absolute atomic E-state index is 14.1. The van der Waals surface area contributed by atoms with Crippen LogP contribution in [-0.2, 0) is 33.7 Å². The zero-order chi connectivity index (χ0) is 50.4. The maximum atomic E-state index is 14.1. The number of nitrogens with zero attached hydrogens (tertiary/aromatic N) is 7. The van der Waals surface area contributed by atoms with Crippen molar-refractivity contribution in [2.24, 2.45) is 25.1 Å². The monoisotopic (exact) mass is 1030 g/mol. The number of nitrogens with one attached hydrogen (secondary N) is 3. The zero-order valence-corrected chi connectivity index (χ0v) is 42.7. The van der Waals surface area contributed by atoms with E-state index in [4.69, 9.17) is 32.7 Å². The predicted molar refractivity (Wildman–Crippen MR) is 275 cm³/mol. The molecule has 4 heterocycles. The third-order valence-electron chi connectivity index (χ3n) is 13.1. The van der Waals surface area contributed by atoms with Crippen LogP contribution in [0.1, 0.15) is 56.3 Å². The van der Waals surface area contributed by atoms with E-state index in [1.54, 1.807) is 84.7 Å². The molecule has 3 amide bonds. The molecular formula is C50H60Cl2N10O8S. The molecule has 5 aromatic rings. The number of piperidine rings is 1. The second kappa shape index (κ2) is 22.5. The topological polar surface area (TPSA) is 192 Å². The number of amides is 3. The predicted octanol–water partition coefficient (Wildman–Crippen LogP) is 6.27. The Balaban J connectivity index is 0.786. The summed E-state index contributed by atoms with van der Waals surface area (Å²) in [7, 11) is -1.02. The van der Waals surface area contributed by atoms with Crippen molar-refractivity contribution in [3.05, 3.63) is 105 Å². The van der Waals surface area contributed by atoms with E-state index in [0.717, 1.165) is 51.1 Å². The summed E-state index contributed by atoms with van der Waals surface area (Å²) in [6.07, 6.45) is 3.09. The lowest BCUT2D eigenvalue weighted by Crippen LogP contribution is -2.55. The first kappa shape index (κ1) is 51.2. The standard InChI is InChI=1S/C50H60Cl2N10O8S/c1-5-25-69-37-10-7-11-38(28-37)70-45-30-44-43(57(3)50(66)58(44)4)29-42(45)56-71(67,68)39-12-6-9-34(26-39)49(65)61-19-16-35(17-20-61)60-23-21-59(22-24-60)32-47(64)53-18-8-13-46(63)54-48-33(2)31-62(55-48)36-14-15-40(51)41(52)27-36/h6-7,9-12,14-15,26-30,33,35,56H,5,8,13,16-25,31-32H2,1-4H3,(H,53,64)(H,54,55,63). The van der Waals surface area contributed by atoms with Crippen LogP contribution in [0.5, 0.6) is 17.2 Å². The molecule has 1 unspecified atom stereocenters. The highest BCUT2D eigenvalue weighted by Crippen LogP contribution is 2.36. The Morgan fingerprint density at radius 1 is 0.831 bits per heavy atom. The Hall–Kier alpha value is -6.12. The van der Waals surface area contributed by atoms with Gasteiger partial charge in [-0.25, -0.2) is 13.2 Å². The lowest BCUT2D eigenvalue weighted by atomic mass is 10.0. The average Bonchev–Trinajstić information content (AvgIpc) is 3.83. The molecule has 0 aliphatic carbocycles. The van der Waals surface area contributed by atoms with Crippen molar-refractivity contribution >= 4 is 79.2 Å². The van der Waals surface area contributed by atoms with Crippen LogP contribution >= 0.6 is 23.2 Å². The van der Waals surface area contributed by atoms with Gasteiger partial charge in [-0.05, 0) is 80.3 Å². The lowest BCUT2D eigenvalue weighted by molar-refractivity contribution is -0.123. The number of rotatable bonds is 17. The SMILES string of the molecule is CCCOc1cccc(Oc2cc3c(cc2NS(=O)(=O)c2cccc(C(=O)N4CCC(N5CCN(CC(=O)NCCCC(=O)NC6=NN(c7ccc(Cl)c(Cl)c7)CC6C)CC5)CC4)c2)n(C)c(=O)n3C)c1. The van der Waals surface area contributed by atoms with Gasteiger partial charge < -0.3 is 25.0 Å². The minimum Gasteiger partial charge on any atom is -0.493 e. The van der Waals surface area contributed by atoms with Crippen molar-refractivity contribution < 1.29 is 32.3 Å². The number of aromatic nitrogens is 2. The number of carbonyl (C=O) groups is 3. The van der Waals surface area contributed by atoms with E-state index in [2.05, 4.69) is 30.3 Å². The Bertz CT molecular complexity index is 2980. The van der Waals surface area contributed by atoms with E-state index in [1.807, 2.05) is 19.9 Å². The van der Waals surface area contributed by atoms with Gasteiger partial charge in [0.15, 0.2) is 5.75 Å². The van der Waals surface area contributed by atoms with Crippen LogP contribution in [0.4, 0.5) is 11.4 Å². The van der Waals surface area contributed by atoms with Crippen LogP contribution in [-0.4, -0.2) is 127 Å². The summed E-state index contributed by atoms with van der Waals surface area (Å²) in [4.78, 5) is 58.5. The number of imidazole rings is 1. The molecule has 8 rings (SSSR count). The van der Waals surface area contributed by atoms with Gasteiger partial charge in [-0.1, -0.05) is 49.2 Å². The minimum atomic E-state index is -4.26. The van der Waals surface area contributed by atoms with Crippen molar-refractivity contribution in [2.45, 2.75) is 56.9 Å². The Labute approximate surface area is 423 Å². The van der Waals surface area contributed by atoms with Gasteiger partial charge in [0.05, 0.1) is 57.0 Å². The van der Waals surface area contributed by atoms with E-state index < -0.39 is 10.0 Å². The molecular weight excluding hydrogens is 972 g/mol. The third kappa shape index (κ3) is 12.3.